The Morgan fingerprint density at radius 3 is 2.24 bits per heavy atom. The molecular formula is C25H24FNO6. The Balaban J connectivity index is 2.01. The Hall–Kier alpha value is -3.65. The van der Waals surface area contributed by atoms with Gasteiger partial charge in [-0.25, -0.2) is 4.39 Å². The maximum absolute atomic E-state index is 14.2. The number of halogens is 1. The molecule has 0 bridgehead atoms. The number of carbonyl (C=O) groups excluding carboxylic acids is 2. The van der Waals surface area contributed by atoms with Crippen molar-refractivity contribution in [3.63, 3.8) is 0 Å². The zero-order valence-corrected chi connectivity index (χ0v) is 18.6. The number of fused-ring (bicyclic) bond motifs is 1. The van der Waals surface area contributed by atoms with Gasteiger partial charge in [-0.1, -0.05) is 0 Å². The number of aromatic nitrogens is 1. The maximum atomic E-state index is 14.2. The smallest absolute Gasteiger partial charge is 0.203 e. The zero-order chi connectivity index (χ0) is 23.7. The van der Waals surface area contributed by atoms with E-state index in [1.807, 2.05) is 4.57 Å². The number of nitrogens with zero attached hydrogens (tertiary/aromatic N) is 1. The van der Waals surface area contributed by atoms with Crippen LogP contribution in [-0.2, 0) is 16.1 Å². The summed E-state index contributed by atoms with van der Waals surface area (Å²) in [5.41, 5.74) is 2.09. The highest BCUT2D eigenvalue weighted by Gasteiger charge is 2.35. The van der Waals surface area contributed by atoms with Crippen molar-refractivity contribution in [3.8, 4) is 17.2 Å². The van der Waals surface area contributed by atoms with Crippen LogP contribution in [0.5, 0.6) is 17.2 Å². The molecule has 1 aromatic heterocycles. The molecule has 172 valence electrons. The van der Waals surface area contributed by atoms with Crippen molar-refractivity contribution >= 4 is 33.6 Å². The highest BCUT2D eigenvalue weighted by atomic mass is 19.1. The SMILES string of the molecule is COc1cc(C2=C(c3cn(CCCO)c4ccc(F)cc34)C(=O)CC2=O)cc(OC)c1OC. The Morgan fingerprint density at radius 2 is 1.64 bits per heavy atom. The molecule has 0 saturated carbocycles. The summed E-state index contributed by atoms with van der Waals surface area (Å²) in [7, 11) is 4.41. The molecule has 0 unspecified atom stereocenters. The summed E-state index contributed by atoms with van der Waals surface area (Å²) in [4.78, 5) is 26.0. The molecule has 0 fully saturated rings. The summed E-state index contributed by atoms with van der Waals surface area (Å²) >= 11 is 0. The standard InChI is InChI=1S/C25H24FNO6/c1-31-21-9-14(10-22(32-2)25(21)33-3)23-19(29)12-20(30)24(23)17-13-27(7-4-8-28)18-6-5-15(26)11-16(17)18/h5-6,9-11,13,28H,4,7-8,12H2,1-3H3. The Bertz CT molecular complexity index is 1260. The van der Waals surface area contributed by atoms with E-state index in [9.17, 15) is 19.1 Å². The summed E-state index contributed by atoms with van der Waals surface area (Å²) in [5.74, 6) is -0.0589. The number of hydrogen-bond acceptors (Lipinski definition) is 6. The molecule has 0 atom stereocenters. The molecule has 0 radical (unpaired) electrons. The fourth-order valence-electron chi connectivity index (χ4n) is 4.31. The summed E-state index contributed by atoms with van der Waals surface area (Å²) in [6, 6.07) is 7.58. The van der Waals surface area contributed by atoms with Crippen molar-refractivity contribution in [2.24, 2.45) is 0 Å². The van der Waals surface area contributed by atoms with Gasteiger partial charge in [-0.2, -0.15) is 0 Å². The minimum Gasteiger partial charge on any atom is -0.493 e. The second kappa shape index (κ2) is 9.07. The number of ketones is 2. The van der Waals surface area contributed by atoms with E-state index < -0.39 is 5.82 Å². The summed E-state index contributed by atoms with van der Waals surface area (Å²) in [6.45, 7) is 0.473. The van der Waals surface area contributed by atoms with E-state index in [4.69, 9.17) is 14.2 Å². The molecule has 1 aliphatic carbocycles. The number of rotatable bonds is 8. The van der Waals surface area contributed by atoms with Gasteiger partial charge in [-0.15, -0.1) is 0 Å². The van der Waals surface area contributed by atoms with Gasteiger partial charge in [0, 0.05) is 47.0 Å². The van der Waals surface area contributed by atoms with Gasteiger partial charge in [-0.3, -0.25) is 9.59 Å². The van der Waals surface area contributed by atoms with Crippen LogP contribution in [0.3, 0.4) is 0 Å². The van der Waals surface area contributed by atoms with Gasteiger partial charge in [0.2, 0.25) is 5.75 Å². The van der Waals surface area contributed by atoms with E-state index in [2.05, 4.69) is 0 Å². The topological polar surface area (TPSA) is 87.0 Å². The highest BCUT2D eigenvalue weighted by molar-refractivity contribution is 6.51. The van der Waals surface area contributed by atoms with Crippen LogP contribution in [0.4, 0.5) is 4.39 Å². The van der Waals surface area contributed by atoms with Crippen LogP contribution in [0.1, 0.15) is 24.0 Å². The number of methoxy groups -OCH3 is 3. The first kappa shape index (κ1) is 22.5. The van der Waals surface area contributed by atoms with Crippen molar-refractivity contribution in [2.45, 2.75) is 19.4 Å². The molecule has 1 aliphatic rings. The maximum Gasteiger partial charge on any atom is 0.203 e. The molecule has 0 aliphatic heterocycles. The van der Waals surface area contributed by atoms with Crippen molar-refractivity contribution < 1.29 is 33.3 Å². The summed E-state index contributed by atoms with van der Waals surface area (Å²) in [6.07, 6.45) is 1.95. The number of aliphatic hydroxyl groups excluding tert-OH is 1. The second-order valence-corrected chi connectivity index (χ2v) is 7.66. The lowest BCUT2D eigenvalue weighted by molar-refractivity contribution is -0.119. The first-order valence-corrected chi connectivity index (χ1v) is 10.4. The molecule has 2 aromatic carbocycles. The first-order valence-electron chi connectivity index (χ1n) is 10.4. The third kappa shape index (κ3) is 3.87. The number of ether oxygens (including phenoxy) is 3. The van der Waals surface area contributed by atoms with Crippen molar-refractivity contribution in [2.75, 3.05) is 27.9 Å². The summed E-state index contributed by atoms with van der Waals surface area (Å²) < 4.78 is 32.2. The van der Waals surface area contributed by atoms with E-state index in [-0.39, 0.29) is 35.7 Å². The fraction of sp³-hybridized carbons (Fsp3) is 0.280. The van der Waals surface area contributed by atoms with Crippen LogP contribution in [0, 0.1) is 5.82 Å². The minimum atomic E-state index is -0.449. The van der Waals surface area contributed by atoms with E-state index in [0.29, 0.717) is 52.2 Å². The molecule has 4 rings (SSSR count). The number of aryl methyl sites for hydroxylation is 1. The number of Topliss-reactive ketones (excluding diaryl/α,β-unsaturated/α-hetero) is 2. The molecule has 0 saturated heterocycles. The number of aliphatic hydroxyl groups is 1. The van der Waals surface area contributed by atoms with Crippen molar-refractivity contribution in [1.29, 1.82) is 0 Å². The number of allylic oxidation sites excluding steroid dienone is 2. The normalized spacial score (nSPS) is 13.8. The van der Waals surface area contributed by atoms with Gasteiger partial charge < -0.3 is 23.9 Å². The molecule has 1 N–H and O–H groups in total. The second-order valence-electron chi connectivity index (χ2n) is 7.66. The van der Waals surface area contributed by atoms with Crippen LogP contribution < -0.4 is 14.2 Å². The minimum absolute atomic E-state index is 0.00694. The van der Waals surface area contributed by atoms with Gasteiger partial charge >= 0.3 is 0 Å². The van der Waals surface area contributed by atoms with E-state index in [1.165, 1.54) is 33.5 Å². The molecule has 8 heteroatoms. The molecular weight excluding hydrogens is 429 g/mol. The molecule has 33 heavy (non-hydrogen) atoms. The Morgan fingerprint density at radius 1 is 0.970 bits per heavy atom. The molecule has 3 aromatic rings. The van der Waals surface area contributed by atoms with Gasteiger partial charge in [0.15, 0.2) is 23.1 Å². The average molecular weight is 453 g/mol. The van der Waals surface area contributed by atoms with Gasteiger partial charge in [0.1, 0.15) is 5.82 Å². The van der Waals surface area contributed by atoms with Crippen molar-refractivity contribution in [1.82, 2.24) is 4.57 Å². The Kier molecular flexibility index (Phi) is 6.20. The predicted molar refractivity (Wildman–Crippen MR) is 121 cm³/mol. The van der Waals surface area contributed by atoms with E-state index >= 15 is 0 Å². The molecule has 0 amide bonds. The molecule has 0 spiro atoms. The average Bonchev–Trinajstić information content (AvgIpc) is 3.31. The number of hydrogen-bond donors (Lipinski definition) is 1. The largest absolute Gasteiger partial charge is 0.493 e. The van der Waals surface area contributed by atoms with E-state index in [0.717, 1.165) is 0 Å². The van der Waals surface area contributed by atoms with Gasteiger partial charge in [0.05, 0.1) is 27.8 Å². The van der Waals surface area contributed by atoms with Crippen LogP contribution in [0.15, 0.2) is 36.5 Å². The first-order chi connectivity index (χ1) is 15.9. The van der Waals surface area contributed by atoms with Gasteiger partial charge in [-0.05, 0) is 42.3 Å². The van der Waals surface area contributed by atoms with Crippen LogP contribution >= 0.6 is 0 Å². The Labute approximate surface area is 190 Å². The van der Waals surface area contributed by atoms with Crippen molar-refractivity contribution in [3.05, 3.63) is 53.5 Å². The summed E-state index contributed by atoms with van der Waals surface area (Å²) in [5, 5.41) is 9.78. The van der Waals surface area contributed by atoms with Gasteiger partial charge in [0.25, 0.3) is 0 Å². The van der Waals surface area contributed by atoms with E-state index in [1.54, 1.807) is 24.4 Å². The van der Waals surface area contributed by atoms with Crippen LogP contribution in [0.2, 0.25) is 0 Å². The zero-order valence-electron chi connectivity index (χ0n) is 18.6. The fourth-order valence-corrected chi connectivity index (χ4v) is 4.31. The highest BCUT2D eigenvalue weighted by Crippen LogP contribution is 2.44. The lowest BCUT2D eigenvalue weighted by atomic mass is 9.95. The number of benzene rings is 2. The predicted octanol–water partition coefficient (Wildman–Crippen LogP) is 3.64. The third-order valence-corrected chi connectivity index (χ3v) is 5.75. The lowest BCUT2D eigenvalue weighted by Gasteiger charge is -2.15. The molecule has 1 heterocycles. The number of carbonyl (C=O) groups is 2. The quantitative estimate of drug-likeness (QED) is 0.524. The lowest BCUT2D eigenvalue weighted by Crippen LogP contribution is -2.00. The monoisotopic (exact) mass is 453 g/mol. The van der Waals surface area contributed by atoms with Crippen LogP contribution in [-0.4, -0.2) is 49.2 Å². The molecule has 7 nitrogen and oxygen atoms in total. The third-order valence-electron chi connectivity index (χ3n) is 5.75. The van der Waals surface area contributed by atoms with Crippen LogP contribution in [0.25, 0.3) is 22.0 Å².